The average Bonchev–Trinajstić information content (AvgIpc) is 3.04. The molecule has 130 valence electrons. The van der Waals surface area contributed by atoms with E-state index in [1.165, 1.54) is 0 Å². The number of pyridine rings is 1. The smallest absolute Gasteiger partial charge is 0.239 e. The van der Waals surface area contributed by atoms with E-state index in [-0.39, 0.29) is 42.9 Å². The molecule has 1 aromatic heterocycles. The van der Waals surface area contributed by atoms with E-state index in [1.807, 2.05) is 23.1 Å². The number of carbonyl (C=O) groups excluding carboxylic acids is 1. The van der Waals surface area contributed by atoms with Crippen molar-refractivity contribution in [2.75, 3.05) is 44.7 Å². The van der Waals surface area contributed by atoms with Crippen molar-refractivity contribution >= 4 is 36.5 Å². The number of anilines is 1. The highest BCUT2D eigenvalue weighted by Gasteiger charge is 2.33. The molecular weight excluding hydrogens is 339 g/mol. The highest BCUT2D eigenvalue weighted by Crippen LogP contribution is 2.16. The largest absolute Gasteiger partial charge is 0.380 e. The van der Waals surface area contributed by atoms with Gasteiger partial charge in [-0.3, -0.25) is 4.79 Å². The third-order valence-corrected chi connectivity index (χ3v) is 4.29. The fraction of sp³-hybridized carbons (Fsp3) is 0.600. The maximum absolute atomic E-state index is 12.5. The Morgan fingerprint density at radius 1 is 1.26 bits per heavy atom. The first kappa shape index (κ1) is 20.0. The molecule has 6 nitrogen and oxygen atoms in total. The Morgan fingerprint density at radius 3 is 2.57 bits per heavy atom. The summed E-state index contributed by atoms with van der Waals surface area (Å²) in [5.41, 5.74) is 0. The third kappa shape index (κ3) is 4.70. The van der Waals surface area contributed by atoms with E-state index in [4.69, 9.17) is 4.74 Å². The Labute approximate surface area is 149 Å². The molecule has 8 heteroatoms. The van der Waals surface area contributed by atoms with E-state index in [2.05, 4.69) is 15.2 Å². The summed E-state index contributed by atoms with van der Waals surface area (Å²) >= 11 is 0. The molecule has 0 saturated carbocycles. The minimum Gasteiger partial charge on any atom is -0.380 e. The van der Waals surface area contributed by atoms with Crippen LogP contribution in [0.1, 0.15) is 6.42 Å². The van der Waals surface area contributed by atoms with Gasteiger partial charge >= 0.3 is 0 Å². The van der Waals surface area contributed by atoms with Crippen LogP contribution in [0.5, 0.6) is 0 Å². The zero-order chi connectivity index (χ0) is 14.7. The predicted octanol–water partition coefficient (Wildman–Crippen LogP) is 0.951. The van der Waals surface area contributed by atoms with Crippen molar-refractivity contribution in [3.8, 4) is 0 Å². The van der Waals surface area contributed by atoms with Gasteiger partial charge in [0.05, 0.1) is 12.1 Å². The molecule has 1 amide bonds. The predicted molar refractivity (Wildman–Crippen MR) is 94.7 cm³/mol. The summed E-state index contributed by atoms with van der Waals surface area (Å²) in [4.78, 5) is 21.0. The zero-order valence-electron chi connectivity index (χ0n) is 13.2. The molecule has 2 aliphatic rings. The van der Waals surface area contributed by atoms with Crippen LogP contribution in [0, 0.1) is 0 Å². The lowest BCUT2D eigenvalue weighted by molar-refractivity contribution is -0.133. The normalized spacial score (nSPS) is 23.9. The molecule has 2 saturated heterocycles. The fourth-order valence-corrected chi connectivity index (χ4v) is 2.99. The van der Waals surface area contributed by atoms with Gasteiger partial charge in [-0.25, -0.2) is 4.98 Å². The van der Waals surface area contributed by atoms with Crippen LogP contribution in [0.15, 0.2) is 24.4 Å². The number of nitrogens with one attached hydrogen (secondary N) is 1. The second kappa shape index (κ2) is 9.27. The van der Waals surface area contributed by atoms with Crippen molar-refractivity contribution < 1.29 is 9.53 Å². The molecule has 2 aliphatic heterocycles. The molecule has 0 aliphatic carbocycles. The maximum Gasteiger partial charge on any atom is 0.239 e. The molecular formula is C15H24Cl2N4O2. The summed E-state index contributed by atoms with van der Waals surface area (Å²) in [6, 6.07) is 5.84. The second-order valence-corrected chi connectivity index (χ2v) is 5.55. The number of rotatable bonds is 3. The lowest BCUT2D eigenvalue weighted by Crippen LogP contribution is -2.53. The molecule has 0 spiro atoms. The van der Waals surface area contributed by atoms with Crippen LogP contribution >= 0.6 is 24.8 Å². The number of hydrogen-bond acceptors (Lipinski definition) is 5. The van der Waals surface area contributed by atoms with Gasteiger partial charge in [0.25, 0.3) is 0 Å². The number of amides is 1. The van der Waals surface area contributed by atoms with Crippen molar-refractivity contribution in [1.82, 2.24) is 15.2 Å². The van der Waals surface area contributed by atoms with Crippen molar-refractivity contribution in [1.29, 1.82) is 0 Å². The second-order valence-electron chi connectivity index (χ2n) is 5.55. The van der Waals surface area contributed by atoms with E-state index in [1.54, 1.807) is 13.3 Å². The van der Waals surface area contributed by atoms with Gasteiger partial charge in [0.2, 0.25) is 5.91 Å². The Morgan fingerprint density at radius 2 is 2.00 bits per heavy atom. The molecule has 0 aromatic carbocycles. The molecule has 3 heterocycles. The minimum atomic E-state index is -0.0867. The molecule has 0 radical (unpaired) electrons. The third-order valence-electron chi connectivity index (χ3n) is 4.29. The molecule has 1 N–H and O–H groups in total. The lowest BCUT2D eigenvalue weighted by atomic mass is 10.1. The van der Waals surface area contributed by atoms with E-state index in [0.29, 0.717) is 0 Å². The first-order chi connectivity index (χ1) is 10.3. The van der Waals surface area contributed by atoms with Crippen LogP contribution in [0.25, 0.3) is 0 Å². The van der Waals surface area contributed by atoms with Crippen LogP contribution in [0.3, 0.4) is 0 Å². The molecule has 2 atom stereocenters. The van der Waals surface area contributed by atoms with Gasteiger partial charge in [0, 0.05) is 46.0 Å². The topological polar surface area (TPSA) is 57.7 Å². The van der Waals surface area contributed by atoms with Gasteiger partial charge in [-0.15, -0.1) is 24.8 Å². The lowest BCUT2D eigenvalue weighted by Gasteiger charge is -2.36. The van der Waals surface area contributed by atoms with Gasteiger partial charge in [0.1, 0.15) is 5.82 Å². The first-order valence-corrected chi connectivity index (χ1v) is 7.49. The number of ether oxygens (including phenoxy) is 1. The molecule has 3 rings (SSSR count). The molecule has 0 bridgehead atoms. The Bertz CT molecular complexity index is 484. The van der Waals surface area contributed by atoms with Crippen LogP contribution in [0.2, 0.25) is 0 Å². The first-order valence-electron chi connectivity index (χ1n) is 7.49. The fourth-order valence-electron chi connectivity index (χ4n) is 2.99. The standard InChI is InChI=1S/C15H22N4O2.2ClH/c1-21-12-10-13(17-11-12)15(20)19-8-6-18(7-9-19)14-4-2-3-5-16-14;;/h2-5,12-13,17H,6-11H2,1H3;2*1H/t12-,13-;;/m0../s1. The minimum absolute atomic E-state index is 0. The monoisotopic (exact) mass is 362 g/mol. The van der Waals surface area contributed by atoms with Gasteiger partial charge < -0.3 is 19.9 Å². The van der Waals surface area contributed by atoms with E-state index >= 15 is 0 Å². The molecule has 2 fully saturated rings. The Hall–Kier alpha value is -1.08. The SMILES string of the molecule is CO[C@@H]1CN[C@H](C(=O)N2CCN(c3ccccn3)CC2)C1.Cl.Cl. The zero-order valence-corrected chi connectivity index (χ0v) is 14.8. The number of aromatic nitrogens is 1. The Balaban J connectivity index is 0.00000132. The Kier molecular flexibility index (Phi) is 8.05. The van der Waals surface area contributed by atoms with Gasteiger partial charge in [-0.2, -0.15) is 0 Å². The van der Waals surface area contributed by atoms with E-state index in [9.17, 15) is 4.79 Å². The van der Waals surface area contributed by atoms with E-state index in [0.717, 1.165) is 45.0 Å². The van der Waals surface area contributed by atoms with Crippen molar-refractivity contribution in [2.24, 2.45) is 0 Å². The highest BCUT2D eigenvalue weighted by molar-refractivity contribution is 5.85. The van der Waals surface area contributed by atoms with Crippen LogP contribution in [0.4, 0.5) is 5.82 Å². The molecule has 1 aromatic rings. The molecule has 0 unspecified atom stereocenters. The number of nitrogens with zero attached hydrogens (tertiary/aromatic N) is 3. The quantitative estimate of drug-likeness (QED) is 0.867. The summed E-state index contributed by atoms with van der Waals surface area (Å²) in [5.74, 6) is 1.19. The number of piperazine rings is 1. The summed E-state index contributed by atoms with van der Waals surface area (Å²) in [5, 5.41) is 3.26. The average molecular weight is 363 g/mol. The maximum atomic E-state index is 12.5. The van der Waals surface area contributed by atoms with Crippen molar-refractivity contribution in [3.63, 3.8) is 0 Å². The summed E-state index contributed by atoms with van der Waals surface area (Å²) in [7, 11) is 1.70. The number of hydrogen-bond donors (Lipinski definition) is 1. The van der Waals surface area contributed by atoms with E-state index < -0.39 is 0 Å². The van der Waals surface area contributed by atoms with Gasteiger partial charge in [-0.1, -0.05) is 6.07 Å². The van der Waals surface area contributed by atoms with Crippen LogP contribution in [-0.2, 0) is 9.53 Å². The van der Waals surface area contributed by atoms with Gasteiger partial charge in [-0.05, 0) is 18.6 Å². The molecule has 23 heavy (non-hydrogen) atoms. The van der Waals surface area contributed by atoms with Crippen LogP contribution in [-0.4, -0.2) is 67.8 Å². The summed E-state index contributed by atoms with van der Waals surface area (Å²) in [6.07, 6.45) is 2.74. The van der Waals surface area contributed by atoms with Crippen LogP contribution < -0.4 is 10.2 Å². The number of carbonyl (C=O) groups is 1. The van der Waals surface area contributed by atoms with Gasteiger partial charge in [0.15, 0.2) is 0 Å². The summed E-state index contributed by atoms with van der Waals surface area (Å²) < 4.78 is 5.30. The number of methoxy groups -OCH3 is 1. The number of halogens is 2. The van der Waals surface area contributed by atoms with Crippen molar-refractivity contribution in [2.45, 2.75) is 18.6 Å². The van der Waals surface area contributed by atoms with Crippen molar-refractivity contribution in [3.05, 3.63) is 24.4 Å². The highest BCUT2D eigenvalue weighted by atomic mass is 35.5. The summed E-state index contributed by atoms with van der Waals surface area (Å²) in [6.45, 7) is 3.95.